The number of aliphatic hydroxyl groups excluding tert-OH is 2. The van der Waals surface area contributed by atoms with Crippen molar-refractivity contribution in [3.8, 4) is 0 Å². The third-order valence-electron chi connectivity index (χ3n) is 14.1. The maximum Gasteiger partial charge on any atom is 0.305 e. The lowest BCUT2D eigenvalue weighted by molar-refractivity contribution is -0.143. The first-order valence-corrected chi connectivity index (χ1v) is 30.8. The van der Waals surface area contributed by atoms with E-state index in [-0.39, 0.29) is 18.5 Å². The molecule has 406 valence electrons. The SMILES string of the molecule is CCCC/C=C\CCCCCCCC(=O)OCCCCCCCCCCCCCC/C=C\CCCCCCCCCCCC(=O)NC(CO)C(O)/C=C/CCCCCCCCCCCCCCCC. The average molecular weight is 971 g/mol. The van der Waals surface area contributed by atoms with Crippen LogP contribution in [-0.4, -0.2) is 47.4 Å². The molecule has 2 atom stereocenters. The van der Waals surface area contributed by atoms with Gasteiger partial charge in [0, 0.05) is 12.8 Å². The molecule has 1 amide bonds. The van der Waals surface area contributed by atoms with Crippen LogP contribution in [0.3, 0.4) is 0 Å². The van der Waals surface area contributed by atoms with Gasteiger partial charge in [0.1, 0.15) is 0 Å². The zero-order valence-corrected chi connectivity index (χ0v) is 46.3. The van der Waals surface area contributed by atoms with E-state index in [1.54, 1.807) is 6.08 Å². The second kappa shape index (κ2) is 58.6. The molecule has 0 saturated heterocycles. The topological polar surface area (TPSA) is 95.9 Å². The molecule has 0 bridgehead atoms. The van der Waals surface area contributed by atoms with Gasteiger partial charge in [-0.15, -0.1) is 0 Å². The predicted octanol–water partition coefficient (Wildman–Crippen LogP) is 19.2. The highest BCUT2D eigenvalue weighted by Gasteiger charge is 2.18. The highest BCUT2D eigenvalue weighted by atomic mass is 16.5. The molecule has 0 aromatic rings. The van der Waals surface area contributed by atoms with Gasteiger partial charge in [0.25, 0.3) is 0 Å². The van der Waals surface area contributed by atoms with E-state index < -0.39 is 12.1 Å². The van der Waals surface area contributed by atoms with Crippen molar-refractivity contribution < 1.29 is 24.5 Å². The first-order valence-electron chi connectivity index (χ1n) is 30.8. The largest absolute Gasteiger partial charge is 0.466 e. The van der Waals surface area contributed by atoms with Crippen molar-refractivity contribution >= 4 is 11.9 Å². The zero-order chi connectivity index (χ0) is 50.0. The van der Waals surface area contributed by atoms with Gasteiger partial charge in [0.2, 0.25) is 5.91 Å². The second-order valence-electron chi connectivity index (χ2n) is 21.0. The third-order valence-corrected chi connectivity index (χ3v) is 14.1. The molecule has 0 aliphatic rings. The molecule has 3 N–H and O–H groups in total. The monoisotopic (exact) mass is 970 g/mol. The van der Waals surface area contributed by atoms with Gasteiger partial charge in [0.15, 0.2) is 0 Å². The Hall–Kier alpha value is -1.92. The number of rotatable bonds is 57. The molecule has 2 unspecified atom stereocenters. The molecule has 6 nitrogen and oxygen atoms in total. The standard InChI is InChI=1S/C63H119NO5/c1-3-5-7-9-11-13-15-16-17-29-32-36-39-43-47-51-55-61(66)60(59-65)64-62(67)56-52-48-44-40-37-33-30-27-25-23-21-19-18-20-22-24-26-28-31-34-38-42-46-50-54-58-69-63(68)57-53-49-45-41-35-14-12-10-8-6-4-2/h10,12,19,21,51,55,60-61,65-66H,3-9,11,13-18,20,22-50,52-54,56-59H2,1-2H3,(H,64,67)/b12-10-,21-19-,55-51+. The highest BCUT2D eigenvalue weighted by molar-refractivity contribution is 5.76. The van der Waals surface area contributed by atoms with E-state index in [1.165, 1.54) is 257 Å². The minimum atomic E-state index is -0.846. The van der Waals surface area contributed by atoms with Crippen LogP contribution in [0.1, 0.15) is 328 Å². The van der Waals surface area contributed by atoms with E-state index in [1.807, 2.05) is 6.08 Å². The summed E-state index contributed by atoms with van der Waals surface area (Å²) < 4.78 is 5.46. The highest BCUT2D eigenvalue weighted by Crippen LogP contribution is 2.17. The van der Waals surface area contributed by atoms with Gasteiger partial charge in [-0.25, -0.2) is 0 Å². The summed E-state index contributed by atoms with van der Waals surface area (Å²) in [5, 5.41) is 23.1. The number of nitrogens with one attached hydrogen (secondary N) is 1. The van der Waals surface area contributed by atoms with Gasteiger partial charge >= 0.3 is 5.97 Å². The molecular formula is C63H119NO5. The van der Waals surface area contributed by atoms with Crippen LogP contribution in [0, 0.1) is 0 Å². The fourth-order valence-electron chi connectivity index (χ4n) is 9.38. The minimum absolute atomic E-state index is 0.00175. The molecule has 0 aliphatic heterocycles. The number of unbranched alkanes of at least 4 members (excludes halogenated alkanes) is 42. The number of carbonyl (C=O) groups excluding carboxylic acids is 2. The van der Waals surface area contributed by atoms with E-state index in [4.69, 9.17) is 4.74 Å². The molecule has 0 fully saturated rings. The number of allylic oxidation sites excluding steroid dienone is 5. The van der Waals surface area contributed by atoms with Crippen LogP contribution in [0.25, 0.3) is 0 Å². The minimum Gasteiger partial charge on any atom is -0.466 e. The zero-order valence-electron chi connectivity index (χ0n) is 46.3. The molecule has 0 radical (unpaired) electrons. The second-order valence-corrected chi connectivity index (χ2v) is 21.0. The van der Waals surface area contributed by atoms with Gasteiger partial charge in [-0.1, -0.05) is 275 Å². The van der Waals surface area contributed by atoms with Crippen LogP contribution in [0.4, 0.5) is 0 Å². The fraction of sp³-hybridized carbons (Fsp3) is 0.873. The van der Waals surface area contributed by atoms with Gasteiger partial charge < -0.3 is 20.3 Å². The summed E-state index contributed by atoms with van der Waals surface area (Å²) in [6, 6.07) is -0.630. The van der Waals surface area contributed by atoms with Crippen molar-refractivity contribution in [2.75, 3.05) is 13.2 Å². The van der Waals surface area contributed by atoms with Crippen LogP contribution < -0.4 is 5.32 Å². The van der Waals surface area contributed by atoms with Crippen molar-refractivity contribution in [2.45, 2.75) is 341 Å². The van der Waals surface area contributed by atoms with Crippen LogP contribution in [0.5, 0.6) is 0 Å². The Bertz CT molecular complexity index is 1120. The Morgan fingerprint density at radius 1 is 0.391 bits per heavy atom. The van der Waals surface area contributed by atoms with E-state index in [0.29, 0.717) is 19.4 Å². The quantitative estimate of drug-likeness (QED) is 0.0321. The molecule has 0 saturated carbocycles. The molecule has 69 heavy (non-hydrogen) atoms. The number of esters is 1. The number of aliphatic hydroxyl groups is 2. The fourth-order valence-corrected chi connectivity index (χ4v) is 9.38. The molecular weight excluding hydrogens is 851 g/mol. The Labute approximate surface area is 430 Å². The van der Waals surface area contributed by atoms with Crippen molar-refractivity contribution in [2.24, 2.45) is 0 Å². The summed E-state index contributed by atoms with van der Waals surface area (Å²) in [7, 11) is 0. The molecule has 0 heterocycles. The van der Waals surface area contributed by atoms with Crippen LogP contribution in [-0.2, 0) is 14.3 Å². The Balaban J connectivity index is 3.43. The molecule has 0 aromatic heterocycles. The first-order chi connectivity index (χ1) is 34.0. The van der Waals surface area contributed by atoms with E-state index >= 15 is 0 Å². The summed E-state index contributed by atoms with van der Waals surface area (Å²) in [6.45, 7) is 4.88. The molecule has 0 spiro atoms. The van der Waals surface area contributed by atoms with Crippen LogP contribution in [0.15, 0.2) is 36.5 Å². The van der Waals surface area contributed by atoms with E-state index in [2.05, 4.69) is 43.5 Å². The van der Waals surface area contributed by atoms with Crippen molar-refractivity contribution in [1.82, 2.24) is 5.32 Å². The Morgan fingerprint density at radius 3 is 1.07 bits per heavy atom. The maximum atomic E-state index is 12.5. The summed E-state index contributed by atoms with van der Waals surface area (Å²) in [6.07, 6.45) is 73.3. The summed E-state index contributed by atoms with van der Waals surface area (Å²) >= 11 is 0. The van der Waals surface area contributed by atoms with E-state index in [9.17, 15) is 19.8 Å². The van der Waals surface area contributed by atoms with Crippen molar-refractivity contribution in [1.29, 1.82) is 0 Å². The smallest absolute Gasteiger partial charge is 0.305 e. The Kier molecular flexibility index (Phi) is 57.0. The number of ether oxygens (including phenoxy) is 1. The first kappa shape index (κ1) is 67.1. The van der Waals surface area contributed by atoms with Crippen LogP contribution in [0.2, 0.25) is 0 Å². The molecule has 6 heteroatoms. The third kappa shape index (κ3) is 55.2. The Morgan fingerprint density at radius 2 is 0.696 bits per heavy atom. The maximum absolute atomic E-state index is 12.5. The summed E-state index contributed by atoms with van der Waals surface area (Å²) in [5.74, 6) is -0.0680. The van der Waals surface area contributed by atoms with Crippen LogP contribution >= 0.6 is 0 Å². The van der Waals surface area contributed by atoms with Crippen molar-refractivity contribution in [3.05, 3.63) is 36.5 Å². The van der Waals surface area contributed by atoms with E-state index in [0.717, 1.165) is 44.9 Å². The predicted molar refractivity (Wildman–Crippen MR) is 301 cm³/mol. The average Bonchev–Trinajstić information content (AvgIpc) is 3.35. The number of carbonyl (C=O) groups is 2. The summed E-state index contributed by atoms with van der Waals surface area (Å²) in [5.41, 5.74) is 0. The molecule has 0 rings (SSSR count). The molecule has 0 aliphatic carbocycles. The lowest BCUT2D eigenvalue weighted by Crippen LogP contribution is -2.45. The van der Waals surface area contributed by atoms with Gasteiger partial charge in [-0.3, -0.25) is 9.59 Å². The lowest BCUT2D eigenvalue weighted by Gasteiger charge is -2.20. The lowest BCUT2D eigenvalue weighted by atomic mass is 10.0. The van der Waals surface area contributed by atoms with Gasteiger partial charge in [-0.2, -0.15) is 0 Å². The van der Waals surface area contributed by atoms with Gasteiger partial charge in [0.05, 0.1) is 25.4 Å². The van der Waals surface area contributed by atoms with Gasteiger partial charge in [-0.05, 0) is 77.0 Å². The number of amides is 1. The van der Waals surface area contributed by atoms with Crippen molar-refractivity contribution in [3.63, 3.8) is 0 Å². The normalized spacial score (nSPS) is 12.8. The summed E-state index contributed by atoms with van der Waals surface area (Å²) in [4.78, 5) is 24.5. The number of hydrogen-bond donors (Lipinski definition) is 3. The number of hydrogen-bond acceptors (Lipinski definition) is 5. The molecule has 0 aromatic carbocycles.